The van der Waals surface area contributed by atoms with E-state index >= 15 is 0 Å². The summed E-state index contributed by atoms with van der Waals surface area (Å²) in [6.07, 6.45) is 1.17. The van der Waals surface area contributed by atoms with Gasteiger partial charge in [0, 0.05) is 10.5 Å². The quantitative estimate of drug-likeness (QED) is 0.838. The van der Waals surface area contributed by atoms with E-state index < -0.39 is 0 Å². The molecule has 1 rings (SSSR count). The van der Waals surface area contributed by atoms with Crippen molar-refractivity contribution >= 4 is 15.9 Å². The first-order chi connectivity index (χ1) is 7.86. The van der Waals surface area contributed by atoms with Crippen molar-refractivity contribution in [1.29, 1.82) is 0 Å². The largest absolute Gasteiger partial charge is 0.309 e. The third kappa shape index (κ3) is 4.11. The van der Waals surface area contributed by atoms with Crippen LogP contribution < -0.4 is 5.32 Å². The highest BCUT2D eigenvalue weighted by atomic mass is 79.9. The van der Waals surface area contributed by atoms with Crippen LogP contribution in [0.2, 0.25) is 0 Å². The monoisotopic (exact) mass is 297 g/mol. The molecule has 0 aliphatic rings. The van der Waals surface area contributed by atoms with Gasteiger partial charge in [0.1, 0.15) is 0 Å². The van der Waals surface area contributed by atoms with Crippen molar-refractivity contribution in [2.75, 3.05) is 6.54 Å². The highest BCUT2D eigenvalue weighted by Crippen LogP contribution is 2.34. The van der Waals surface area contributed by atoms with Gasteiger partial charge in [-0.05, 0) is 42.5 Å². The van der Waals surface area contributed by atoms with Gasteiger partial charge >= 0.3 is 0 Å². The average molecular weight is 298 g/mol. The Morgan fingerprint density at radius 3 is 2.41 bits per heavy atom. The Balaban J connectivity index is 3.00. The molecule has 1 unspecified atom stereocenters. The third-order valence-electron chi connectivity index (χ3n) is 2.99. The summed E-state index contributed by atoms with van der Waals surface area (Å²) < 4.78 is 1.20. The molecule has 0 saturated heterocycles. The predicted octanol–water partition coefficient (Wildman–Crippen LogP) is 4.84. The molecule has 0 bridgehead atoms. The first-order valence-electron chi connectivity index (χ1n) is 6.35. The zero-order valence-electron chi connectivity index (χ0n) is 11.6. The summed E-state index contributed by atoms with van der Waals surface area (Å²) in [5.41, 5.74) is 2.88. The molecule has 2 heteroatoms. The Bertz CT molecular complexity index is 366. The molecular formula is C15H24BrN. The van der Waals surface area contributed by atoms with Crippen LogP contribution >= 0.6 is 15.9 Å². The van der Waals surface area contributed by atoms with Crippen LogP contribution in [0.15, 0.2) is 22.7 Å². The van der Waals surface area contributed by atoms with E-state index in [1.54, 1.807) is 0 Å². The van der Waals surface area contributed by atoms with Gasteiger partial charge in [-0.3, -0.25) is 0 Å². The number of hydrogen-bond acceptors (Lipinski definition) is 1. The normalized spacial score (nSPS) is 13.8. The summed E-state index contributed by atoms with van der Waals surface area (Å²) in [5.74, 6) is 0. The maximum absolute atomic E-state index is 3.65. The van der Waals surface area contributed by atoms with Gasteiger partial charge in [0.2, 0.25) is 0 Å². The van der Waals surface area contributed by atoms with Crippen LogP contribution in [-0.2, 0) is 0 Å². The SMILES string of the molecule is CCCNC(c1ccc(C)c(Br)c1)C(C)(C)C. The van der Waals surface area contributed by atoms with Crippen molar-refractivity contribution in [1.82, 2.24) is 5.32 Å². The molecule has 0 saturated carbocycles. The van der Waals surface area contributed by atoms with E-state index in [9.17, 15) is 0 Å². The molecule has 1 N–H and O–H groups in total. The molecule has 96 valence electrons. The van der Waals surface area contributed by atoms with Crippen LogP contribution in [0.3, 0.4) is 0 Å². The van der Waals surface area contributed by atoms with E-state index in [-0.39, 0.29) is 5.41 Å². The van der Waals surface area contributed by atoms with Crippen LogP contribution in [0, 0.1) is 12.3 Å². The molecule has 0 amide bonds. The molecule has 0 heterocycles. The van der Waals surface area contributed by atoms with Crippen LogP contribution in [0.1, 0.15) is 51.3 Å². The second-order valence-corrected chi connectivity index (χ2v) is 6.62. The highest BCUT2D eigenvalue weighted by Gasteiger charge is 2.25. The molecule has 0 aliphatic heterocycles. The number of halogens is 1. The summed E-state index contributed by atoms with van der Waals surface area (Å²) in [6.45, 7) is 12.3. The fourth-order valence-electron chi connectivity index (χ4n) is 2.00. The average Bonchev–Trinajstić information content (AvgIpc) is 2.22. The van der Waals surface area contributed by atoms with Gasteiger partial charge in [0.15, 0.2) is 0 Å². The van der Waals surface area contributed by atoms with Gasteiger partial charge in [-0.25, -0.2) is 0 Å². The van der Waals surface area contributed by atoms with Crippen LogP contribution in [0.5, 0.6) is 0 Å². The van der Waals surface area contributed by atoms with Crippen molar-refractivity contribution in [3.63, 3.8) is 0 Å². The van der Waals surface area contributed by atoms with Crippen molar-refractivity contribution < 1.29 is 0 Å². The summed E-state index contributed by atoms with van der Waals surface area (Å²) in [6, 6.07) is 7.07. The number of hydrogen-bond donors (Lipinski definition) is 1. The number of benzene rings is 1. The van der Waals surface area contributed by atoms with Crippen LogP contribution in [0.25, 0.3) is 0 Å². The molecular weight excluding hydrogens is 274 g/mol. The number of nitrogens with one attached hydrogen (secondary N) is 1. The maximum Gasteiger partial charge on any atom is 0.0369 e. The zero-order valence-corrected chi connectivity index (χ0v) is 13.2. The molecule has 0 aliphatic carbocycles. The molecule has 17 heavy (non-hydrogen) atoms. The minimum atomic E-state index is 0.226. The van der Waals surface area contributed by atoms with E-state index in [1.807, 2.05) is 0 Å². The lowest BCUT2D eigenvalue weighted by Crippen LogP contribution is -2.32. The first-order valence-corrected chi connectivity index (χ1v) is 7.15. The Kier molecular flexibility index (Phi) is 5.21. The van der Waals surface area contributed by atoms with E-state index in [2.05, 4.69) is 74.1 Å². The second kappa shape index (κ2) is 6.01. The summed E-state index contributed by atoms with van der Waals surface area (Å²) in [7, 11) is 0. The highest BCUT2D eigenvalue weighted by molar-refractivity contribution is 9.10. The molecule has 0 spiro atoms. The Labute approximate surface area is 114 Å². The van der Waals surface area contributed by atoms with Crippen LogP contribution in [-0.4, -0.2) is 6.54 Å². The maximum atomic E-state index is 3.65. The van der Waals surface area contributed by atoms with Gasteiger partial charge in [0.05, 0.1) is 0 Å². The molecule has 0 radical (unpaired) electrons. The molecule has 1 aromatic carbocycles. The summed E-state index contributed by atoms with van der Waals surface area (Å²) in [5, 5.41) is 3.65. The smallest absolute Gasteiger partial charge is 0.0369 e. The van der Waals surface area contributed by atoms with E-state index in [4.69, 9.17) is 0 Å². The number of rotatable bonds is 4. The van der Waals surface area contributed by atoms with Crippen molar-refractivity contribution in [3.8, 4) is 0 Å². The lowest BCUT2D eigenvalue weighted by Gasteiger charge is -2.32. The van der Waals surface area contributed by atoms with Gasteiger partial charge < -0.3 is 5.32 Å². The lowest BCUT2D eigenvalue weighted by atomic mass is 9.82. The minimum absolute atomic E-state index is 0.226. The molecule has 1 atom stereocenters. The molecule has 1 nitrogen and oxygen atoms in total. The Morgan fingerprint density at radius 1 is 1.29 bits per heavy atom. The van der Waals surface area contributed by atoms with Gasteiger partial charge in [-0.1, -0.05) is 55.8 Å². The summed E-state index contributed by atoms with van der Waals surface area (Å²) in [4.78, 5) is 0. The van der Waals surface area contributed by atoms with E-state index in [0.717, 1.165) is 6.54 Å². The van der Waals surface area contributed by atoms with Crippen molar-refractivity contribution in [3.05, 3.63) is 33.8 Å². The molecule has 0 fully saturated rings. The third-order valence-corrected chi connectivity index (χ3v) is 3.85. The standard InChI is InChI=1S/C15H24BrN/c1-6-9-17-14(15(3,4)5)12-8-7-11(2)13(16)10-12/h7-8,10,14,17H,6,9H2,1-5H3. The van der Waals surface area contributed by atoms with E-state index in [1.165, 1.54) is 22.0 Å². The fourth-order valence-corrected chi connectivity index (χ4v) is 2.40. The molecule has 1 aromatic rings. The lowest BCUT2D eigenvalue weighted by molar-refractivity contribution is 0.273. The topological polar surface area (TPSA) is 12.0 Å². The summed E-state index contributed by atoms with van der Waals surface area (Å²) >= 11 is 3.62. The second-order valence-electron chi connectivity index (χ2n) is 5.76. The zero-order chi connectivity index (χ0) is 13.1. The Hall–Kier alpha value is -0.340. The van der Waals surface area contributed by atoms with Crippen molar-refractivity contribution in [2.24, 2.45) is 5.41 Å². The first kappa shape index (κ1) is 14.7. The molecule has 0 aromatic heterocycles. The van der Waals surface area contributed by atoms with Gasteiger partial charge in [0.25, 0.3) is 0 Å². The van der Waals surface area contributed by atoms with E-state index in [0.29, 0.717) is 6.04 Å². The number of aryl methyl sites for hydroxylation is 1. The van der Waals surface area contributed by atoms with Crippen LogP contribution in [0.4, 0.5) is 0 Å². The van der Waals surface area contributed by atoms with Gasteiger partial charge in [-0.2, -0.15) is 0 Å². The van der Waals surface area contributed by atoms with Gasteiger partial charge in [-0.15, -0.1) is 0 Å². The fraction of sp³-hybridized carbons (Fsp3) is 0.600. The van der Waals surface area contributed by atoms with Crippen molar-refractivity contribution in [2.45, 2.75) is 47.1 Å². The Morgan fingerprint density at radius 2 is 1.94 bits per heavy atom. The predicted molar refractivity (Wildman–Crippen MR) is 79.4 cm³/mol. The minimum Gasteiger partial charge on any atom is -0.309 e.